The Morgan fingerprint density at radius 3 is 1.19 bits per heavy atom. The SMILES string of the molecule is CC/C=C\C/C=C\C/C=C\C/C=C\C/C=C\C/C=C\C/C=C\C/C=C\C/C=C\C/C=C\CCCCCCCCC(=O)NC(COC1OC(CO)C(OC2OC(CO)C(O)C(O)C2O)C(O)C1O)C(O)CCCCCCCCCCCCCCCCCCCC. The van der Waals surface area contributed by atoms with Gasteiger partial charge in [0.2, 0.25) is 5.91 Å². The van der Waals surface area contributed by atoms with Crippen LogP contribution in [0.2, 0.25) is 0 Å². The topological polar surface area (TPSA) is 228 Å². The van der Waals surface area contributed by atoms with Crippen molar-refractivity contribution in [1.29, 1.82) is 0 Å². The van der Waals surface area contributed by atoms with Crippen LogP contribution in [0.1, 0.15) is 251 Å². The number of nitrogens with one attached hydrogen (secondary N) is 1. The molecular weight excluding hydrogens is 1120 g/mol. The van der Waals surface area contributed by atoms with Gasteiger partial charge >= 0.3 is 0 Å². The highest BCUT2D eigenvalue weighted by molar-refractivity contribution is 5.76. The highest BCUT2D eigenvalue weighted by Crippen LogP contribution is 2.30. The van der Waals surface area contributed by atoms with Crippen molar-refractivity contribution in [3.8, 4) is 0 Å². The molecule has 2 aliphatic heterocycles. The van der Waals surface area contributed by atoms with Crippen LogP contribution in [0.4, 0.5) is 0 Å². The van der Waals surface area contributed by atoms with Gasteiger partial charge in [-0.3, -0.25) is 4.79 Å². The number of unbranched alkanes of at least 4 members (excludes halogenated alkanes) is 23. The van der Waals surface area contributed by atoms with Gasteiger partial charge in [-0.05, 0) is 89.9 Å². The van der Waals surface area contributed by atoms with Crippen molar-refractivity contribution in [2.45, 2.75) is 325 Å². The molecule has 9 N–H and O–H groups in total. The van der Waals surface area contributed by atoms with E-state index in [2.05, 4.69) is 141 Å². The third kappa shape index (κ3) is 42.3. The van der Waals surface area contributed by atoms with Gasteiger partial charge in [0.05, 0.1) is 32.0 Å². The molecule has 1 amide bonds. The van der Waals surface area contributed by atoms with Crippen LogP contribution in [0.25, 0.3) is 0 Å². The lowest BCUT2D eigenvalue weighted by molar-refractivity contribution is -0.359. The summed E-state index contributed by atoms with van der Waals surface area (Å²) < 4.78 is 22.9. The molecule has 0 spiro atoms. The van der Waals surface area contributed by atoms with Crippen LogP contribution < -0.4 is 5.32 Å². The summed E-state index contributed by atoms with van der Waals surface area (Å²) in [5, 5.41) is 87.5. The number of rotatable bonds is 56. The fourth-order valence-corrected chi connectivity index (χ4v) is 10.9. The number of allylic oxidation sites excluding steroid dienone is 20. The second-order valence-corrected chi connectivity index (χ2v) is 24.3. The molecule has 0 saturated carbocycles. The summed E-state index contributed by atoms with van der Waals surface area (Å²) in [6.07, 6.45) is 67.7. The number of ether oxygens (including phenoxy) is 4. The van der Waals surface area contributed by atoms with Crippen LogP contribution >= 0.6 is 0 Å². The van der Waals surface area contributed by atoms with E-state index in [-0.39, 0.29) is 18.9 Å². The van der Waals surface area contributed by atoms with Crippen LogP contribution in [0.15, 0.2) is 122 Å². The first kappa shape index (κ1) is 81.5. The molecule has 14 nitrogen and oxygen atoms in total. The van der Waals surface area contributed by atoms with Crippen molar-refractivity contribution < 1.29 is 64.6 Å². The quantitative estimate of drug-likeness (QED) is 0.0204. The van der Waals surface area contributed by atoms with Crippen LogP contribution in [0, 0.1) is 0 Å². The van der Waals surface area contributed by atoms with Crippen LogP contribution in [-0.2, 0) is 23.7 Å². The van der Waals surface area contributed by atoms with Gasteiger partial charge in [-0.2, -0.15) is 0 Å². The molecule has 510 valence electrons. The number of amides is 1. The van der Waals surface area contributed by atoms with E-state index in [1.165, 1.54) is 89.9 Å². The molecule has 0 aromatic rings. The summed E-state index contributed by atoms with van der Waals surface area (Å²) in [6, 6.07) is -0.846. The lowest BCUT2D eigenvalue weighted by Crippen LogP contribution is -2.65. The fraction of sp³-hybridized carbons (Fsp3) is 0.720. The highest BCUT2D eigenvalue weighted by atomic mass is 16.7. The number of hydrogen-bond donors (Lipinski definition) is 9. The smallest absolute Gasteiger partial charge is 0.220 e. The third-order valence-electron chi connectivity index (χ3n) is 16.4. The van der Waals surface area contributed by atoms with Gasteiger partial charge in [0, 0.05) is 6.42 Å². The Labute approximate surface area is 539 Å². The van der Waals surface area contributed by atoms with Crippen LogP contribution in [0.3, 0.4) is 0 Å². The first-order valence-corrected chi connectivity index (χ1v) is 35.3. The predicted molar refractivity (Wildman–Crippen MR) is 364 cm³/mol. The minimum atomic E-state index is -1.79. The monoisotopic (exact) mass is 1250 g/mol. The lowest BCUT2D eigenvalue weighted by Gasteiger charge is -2.46. The zero-order chi connectivity index (χ0) is 64.5. The largest absolute Gasteiger partial charge is 0.394 e. The Balaban J connectivity index is 1.66. The number of carbonyl (C=O) groups is 1. The molecule has 2 rings (SSSR count). The zero-order valence-electron chi connectivity index (χ0n) is 55.4. The van der Waals surface area contributed by atoms with Gasteiger partial charge in [0.1, 0.15) is 48.8 Å². The molecule has 2 heterocycles. The second kappa shape index (κ2) is 58.2. The molecule has 14 heteroatoms. The molecule has 2 saturated heterocycles. The number of hydrogen-bond acceptors (Lipinski definition) is 13. The van der Waals surface area contributed by atoms with E-state index in [9.17, 15) is 45.6 Å². The Kier molecular flexibility index (Phi) is 53.3. The van der Waals surface area contributed by atoms with Crippen molar-refractivity contribution in [3.05, 3.63) is 122 Å². The first-order chi connectivity index (χ1) is 43.6. The van der Waals surface area contributed by atoms with Gasteiger partial charge in [0.25, 0.3) is 0 Å². The highest BCUT2D eigenvalue weighted by Gasteiger charge is 2.51. The van der Waals surface area contributed by atoms with Crippen molar-refractivity contribution in [2.24, 2.45) is 0 Å². The Hall–Kier alpha value is -3.61. The average Bonchev–Trinajstić information content (AvgIpc) is 1.44. The van der Waals surface area contributed by atoms with E-state index in [0.29, 0.717) is 12.8 Å². The van der Waals surface area contributed by atoms with Gasteiger partial charge in [-0.1, -0.05) is 277 Å². The summed E-state index contributed by atoms with van der Waals surface area (Å²) in [4.78, 5) is 13.3. The van der Waals surface area contributed by atoms with Gasteiger partial charge in [-0.15, -0.1) is 0 Å². The first-order valence-electron chi connectivity index (χ1n) is 35.3. The van der Waals surface area contributed by atoms with Crippen molar-refractivity contribution in [3.63, 3.8) is 0 Å². The molecule has 0 aromatic heterocycles. The zero-order valence-corrected chi connectivity index (χ0v) is 55.4. The molecule has 0 bridgehead atoms. The number of aliphatic hydroxyl groups is 8. The predicted octanol–water partition coefficient (Wildman–Crippen LogP) is 14.5. The maximum Gasteiger partial charge on any atom is 0.220 e. The molecule has 0 aliphatic carbocycles. The Morgan fingerprint density at radius 2 is 0.775 bits per heavy atom. The summed E-state index contributed by atoms with van der Waals surface area (Å²) >= 11 is 0. The van der Waals surface area contributed by atoms with E-state index in [1.807, 2.05) is 0 Å². The van der Waals surface area contributed by atoms with E-state index < -0.39 is 86.8 Å². The molecule has 2 aliphatic rings. The molecule has 89 heavy (non-hydrogen) atoms. The number of carbonyl (C=O) groups excluding carboxylic acids is 1. The summed E-state index contributed by atoms with van der Waals surface area (Å²) in [6.45, 7) is 2.74. The van der Waals surface area contributed by atoms with Gasteiger partial charge in [-0.25, -0.2) is 0 Å². The van der Waals surface area contributed by atoms with Gasteiger partial charge < -0.3 is 65.1 Å². The van der Waals surface area contributed by atoms with Crippen molar-refractivity contribution >= 4 is 5.91 Å². The van der Waals surface area contributed by atoms with Crippen molar-refractivity contribution in [2.75, 3.05) is 19.8 Å². The number of aliphatic hydroxyl groups excluding tert-OH is 8. The minimum absolute atomic E-state index is 0.224. The molecule has 0 radical (unpaired) electrons. The standard InChI is InChI=1S/C75H127NO13/c1-3-5-7-9-11-13-15-17-19-21-23-24-25-26-27-28-29-30-31-32-33-34-35-36-37-38-39-40-41-43-45-47-49-51-53-55-57-59-67(80)76-63(64(79)58-56-54-52-50-48-46-44-42-22-20-18-16-14-12-10-8-6-4-2)62-86-74-72(85)70(83)73(66(61-78)88-74)89-75-71(84)69(82)68(81)65(60-77)87-75/h5,7,11,13,17,19,23-24,26-27,29-30,32-33,35-36,38-39,41,43,63-66,68-75,77-79,81-85H,3-4,6,8-10,12,14-16,18,20-22,25,28,31,34,37,40,42,44-62H2,1-2H3,(H,76,80)/b7-5-,13-11-,19-17-,24-23-,27-26-,30-29-,33-32-,36-35-,39-38-,43-41-. The third-order valence-corrected chi connectivity index (χ3v) is 16.4. The summed E-state index contributed by atoms with van der Waals surface area (Å²) in [5.74, 6) is -0.224. The minimum Gasteiger partial charge on any atom is -0.394 e. The van der Waals surface area contributed by atoms with Gasteiger partial charge in [0.15, 0.2) is 12.6 Å². The molecule has 12 unspecified atom stereocenters. The maximum atomic E-state index is 13.3. The van der Waals surface area contributed by atoms with E-state index in [4.69, 9.17) is 18.9 Å². The molecule has 0 aromatic carbocycles. The van der Waals surface area contributed by atoms with Crippen LogP contribution in [-0.4, -0.2) is 140 Å². The van der Waals surface area contributed by atoms with E-state index >= 15 is 0 Å². The lowest BCUT2D eigenvalue weighted by atomic mass is 9.97. The summed E-state index contributed by atoms with van der Waals surface area (Å²) in [5.41, 5.74) is 0. The Morgan fingerprint density at radius 1 is 0.416 bits per heavy atom. The Bertz CT molecular complexity index is 1960. The molecular formula is C75H127NO13. The maximum absolute atomic E-state index is 13.3. The molecule has 12 atom stereocenters. The van der Waals surface area contributed by atoms with Crippen LogP contribution in [0.5, 0.6) is 0 Å². The average molecular weight is 1250 g/mol. The normalized spacial score (nSPS) is 23.8. The van der Waals surface area contributed by atoms with E-state index in [1.54, 1.807) is 0 Å². The van der Waals surface area contributed by atoms with Crippen molar-refractivity contribution in [1.82, 2.24) is 5.32 Å². The fourth-order valence-electron chi connectivity index (χ4n) is 10.9. The molecule has 2 fully saturated rings. The summed E-state index contributed by atoms with van der Waals surface area (Å²) in [7, 11) is 0. The second-order valence-electron chi connectivity index (χ2n) is 24.3. The van der Waals surface area contributed by atoms with E-state index in [0.717, 1.165) is 128 Å².